The van der Waals surface area contributed by atoms with Crippen molar-refractivity contribution in [3.63, 3.8) is 0 Å². The molecule has 10 heteroatoms. The summed E-state index contributed by atoms with van der Waals surface area (Å²) >= 11 is 1.23. The van der Waals surface area contributed by atoms with E-state index < -0.39 is 10.0 Å². The van der Waals surface area contributed by atoms with E-state index >= 15 is 0 Å². The molecule has 2 N–H and O–H groups in total. The fraction of sp³-hybridized carbons (Fsp3) is 0.333. The lowest BCUT2D eigenvalue weighted by Crippen LogP contribution is -2.35. The van der Waals surface area contributed by atoms with Crippen LogP contribution in [-0.2, 0) is 16.4 Å². The van der Waals surface area contributed by atoms with Crippen LogP contribution >= 0.6 is 11.5 Å². The Morgan fingerprint density at radius 2 is 1.97 bits per heavy atom. The molecule has 1 atom stereocenters. The molecule has 0 spiro atoms. The highest BCUT2D eigenvalue weighted by Crippen LogP contribution is 2.18. The fourth-order valence-corrected chi connectivity index (χ4v) is 4.93. The number of benzene rings is 2. The van der Waals surface area contributed by atoms with Gasteiger partial charge in [0.2, 0.25) is 15.2 Å². The van der Waals surface area contributed by atoms with Gasteiger partial charge >= 0.3 is 0 Å². The Morgan fingerprint density at radius 3 is 2.65 bits per heavy atom. The third-order valence-corrected chi connectivity index (χ3v) is 6.92. The number of halogens is 1. The van der Waals surface area contributed by atoms with Gasteiger partial charge in [-0.1, -0.05) is 19.1 Å². The van der Waals surface area contributed by atoms with Crippen LogP contribution in [0.5, 0.6) is 5.75 Å². The van der Waals surface area contributed by atoms with Crippen molar-refractivity contribution in [1.82, 2.24) is 14.1 Å². The van der Waals surface area contributed by atoms with Crippen LogP contribution in [0.3, 0.4) is 0 Å². The molecule has 0 aliphatic heterocycles. The molecule has 3 aromatic rings. The number of nitrogens with one attached hydrogen (secondary N) is 2. The summed E-state index contributed by atoms with van der Waals surface area (Å²) in [7, 11) is -2.08. The second-order valence-corrected chi connectivity index (χ2v) is 9.41. The highest BCUT2D eigenvalue weighted by molar-refractivity contribution is 7.89. The first-order chi connectivity index (χ1) is 14.9. The molecule has 1 heterocycles. The van der Waals surface area contributed by atoms with Gasteiger partial charge in [0.15, 0.2) is 0 Å². The summed E-state index contributed by atoms with van der Waals surface area (Å²) < 4.78 is 50.7. The standard InChI is InChI=1S/C21H25FN4O3S2/c1-3-17(26-31(27,28)19-9-7-18(29-2)8-10-19)11-12-23-21-24-20(25-30-21)14-15-5-4-6-16(22)13-15/h4-10,13,17,26H,3,11-12,14H2,1-2H3,(H,23,24,25). The third-order valence-electron chi connectivity index (χ3n) is 4.67. The Labute approximate surface area is 185 Å². The lowest BCUT2D eigenvalue weighted by atomic mass is 10.1. The molecule has 0 amide bonds. The molecule has 166 valence electrons. The molecule has 0 radical (unpaired) electrons. The van der Waals surface area contributed by atoms with Crippen LogP contribution in [0.4, 0.5) is 9.52 Å². The number of sulfonamides is 1. The number of hydrogen-bond donors (Lipinski definition) is 2. The summed E-state index contributed by atoms with van der Waals surface area (Å²) in [6, 6.07) is 12.4. The van der Waals surface area contributed by atoms with Crippen molar-refractivity contribution in [1.29, 1.82) is 0 Å². The Kier molecular flexibility index (Phi) is 7.94. The van der Waals surface area contributed by atoms with Crippen molar-refractivity contribution in [3.8, 4) is 5.75 Å². The van der Waals surface area contributed by atoms with Gasteiger partial charge in [-0.15, -0.1) is 0 Å². The SMILES string of the molecule is CCC(CCNc1nc(Cc2cccc(F)c2)ns1)NS(=O)(=O)c1ccc(OC)cc1. The van der Waals surface area contributed by atoms with E-state index in [9.17, 15) is 12.8 Å². The Morgan fingerprint density at radius 1 is 1.19 bits per heavy atom. The molecule has 2 aromatic carbocycles. The van der Waals surface area contributed by atoms with Crippen molar-refractivity contribution in [3.05, 3.63) is 65.7 Å². The molecule has 0 saturated carbocycles. The van der Waals surface area contributed by atoms with Crippen LogP contribution in [0.15, 0.2) is 53.4 Å². The smallest absolute Gasteiger partial charge is 0.240 e. The fourth-order valence-electron chi connectivity index (χ4n) is 2.97. The molecule has 1 unspecified atom stereocenters. The Hall–Kier alpha value is -2.56. The van der Waals surface area contributed by atoms with Crippen LogP contribution in [0.2, 0.25) is 0 Å². The van der Waals surface area contributed by atoms with E-state index in [0.717, 1.165) is 5.56 Å². The summed E-state index contributed by atoms with van der Waals surface area (Å²) in [4.78, 5) is 4.62. The topological polar surface area (TPSA) is 93.2 Å². The molecule has 0 saturated heterocycles. The first-order valence-corrected chi connectivity index (χ1v) is 12.1. The zero-order valence-electron chi connectivity index (χ0n) is 17.3. The Bertz CT molecular complexity index is 1090. The van der Waals surface area contributed by atoms with Crippen molar-refractivity contribution in [2.75, 3.05) is 19.0 Å². The van der Waals surface area contributed by atoms with Gasteiger partial charge in [0.05, 0.1) is 12.0 Å². The van der Waals surface area contributed by atoms with E-state index in [1.165, 1.54) is 42.9 Å². The van der Waals surface area contributed by atoms with Gasteiger partial charge in [-0.25, -0.2) is 22.5 Å². The van der Waals surface area contributed by atoms with Gasteiger partial charge in [-0.05, 0) is 54.8 Å². The zero-order chi connectivity index (χ0) is 22.3. The molecule has 3 rings (SSSR count). The van der Waals surface area contributed by atoms with Gasteiger partial charge < -0.3 is 10.1 Å². The number of methoxy groups -OCH3 is 1. The number of anilines is 1. The highest BCUT2D eigenvalue weighted by Gasteiger charge is 2.19. The molecular weight excluding hydrogens is 439 g/mol. The first-order valence-electron chi connectivity index (χ1n) is 9.87. The van der Waals surface area contributed by atoms with E-state index in [2.05, 4.69) is 19.4 Å². The Balaban J connectivity index is 1.51. The number of rotatable bonds is 11. The molecule has 7 nitrogen and oxygen atoms in total. The minimum atomic E-state index is -3.61. The average molecular weight is 465 g/mol. The summed E-state index contributed by atoms with van der Waals surface area (Å²) in [6.07, 6.45) is 1.69. The third kappa shape index (κ3) is 6.71. The lowest BCUT2D eigenvalue weighted by molar-refractivity contribution is 0.414. The largest absolute Gasteiger partial charge is 0.497 e. The lowest BCUT2D eigenvalue weighted by Gasteiger charge is -2.17. The highest BCUT2D eigenvalue weighted by atomic mass is 32.2. The summed E-state index contributed by atoms with van der Waals surface area (Å²) in [5.74, 6) is 0.933. The van der Waals surface area contributed by atoms with Crippen molar-refractivity contribution < 1.29 is 17.5 Å². The number of aromatic nitrogens is 2. The summed E-state index contributed by atoms with van der Waals surface area (Å²) in [5.41, 5.74) is 0.809. The summed E-state index contributed by atoms with van der Waals surface area (Å²) in [5, 5.41) is 3.84. The number of nitrogens with zero attached hydrogens (tertiary/aromatic N) is 2. The first kappa shape index (κ1) is 23.1. The molecule has 0 bridgehead atoms. The molecule has 1 aromatic heterocycles. The maximum absolute atomic E-state index is 13.3. The van der Waals surface area contributed by atoms with Crippen LogP contribution in [0.1, 0.15) is 31.2 Å². The molecule has 31 heavy (non-hydrogen) atoms. The maximum Gasteiger partial charge on any atom is 0.240 e. The minimum Gasteiger partial charge on any atom is -0.497 e. The predicted octanol–water partition coefficient (Wildman–Crippen LogP) is 3.84. The molecule has 0 aliphatic carbocycles. The van der Waals surface area contributed by atoms with Gasteiger partial charge in [0.25, 0.3) is 0 Å². The second-order valence-electron chi connectivity index (χ2n) is 6.94. The van der Waals surface area contributed by atoms with Gasteiger partial charge in [0.1, 0.15) is 17.4 Å². The quantitative estimate of drug-likeness (QED) is 0.448. The predicted molar refractivity (Wildman–Crippen MR) is 120 cm³/mol. The maximum atomic E-state index is 13.3. The zero-order valence-corrected chi connectivity index (χ0v) is 19.0. The van der Waals surface area contributed by atoms with E-state index in [-0.39, 0.29) is 16.8 Å². The minimum absolute atomic E-state index is 0.200. The van der Waals surface area contributed by atoms with Crippen LogP contribution in [0, 0.1) is 5.82 Å². The van der Waals surface area contributed by atoms with Crippen LogP contribution in [0.25, 0.3) is 0 Å². The van der Waals surface area contributed by atoms with E-state index in [4.69, 9.17) is 4.74 Å². The van der Waals surface area contributed by atoms with E-state index in [1.807, 2.05) is 13.0 Å². The number of hydrogen-bond acceptors (Lipinski definition) is 7. The van der Waals surface area contributed by atoms with Crippen LogP contribution in [-0.4, -0.2) is 37.5 Å². The molecule has 0 fully saturated rings. The van der Waals surface area contributed by atoms with Gasteiger partial charge in [-0.3, -0.25) is 0 Å². The van der Waals surface area contributed by atoms with E-state index in [0.29, 0.717) is 42.5 Å². The van der Waals surface area contributed by atoms with Crippen LogP contribution < -0.4 is 14.8 Å². The van der Waals surface area contributed by atoms with E-state index in [1.54, 1.807) is 18.2 Å². The number of ether oxygens (including phenoxy) is 1. The monoisotopic (exact) mass is 464 g/mol. The normalized spacial score (nSPS) is 12.5. The molecule has 0 aliphatic rings. The van der Waals surface area contributed by atoms with Crippen molar-refractivity contribution >= 4 is 26.7 Å². The average Bonchev–Trinajstić information content (AvgIpc) is 3.20. The van der Waals surface area contributed by atoms with Crippen molar-refractivity contribution in [2.24, 2.45) is 0 Å². The van der Waals surface area contributed by atoms with Gasteiger partial charge in [-0.2, -0.15) is 4.37 Å². The molecular formula is C21H25FN4O3S2. The van der Waals surface area contributed by atoms with Gasteiger partial charge in [0, 0.05) is 30.5 Å². The van der Waals surface area contributed by atoms with Crippen molar-refractivity contribution in [2.45, 2.75) is 37.1 Å². The second kappa shape index (κ2) is 10.7. The summed E-state index contributed by atoms with van der Waals surface area (Å²) in [6.45, 7) is 2.47.